The molecule has 1 aliphatic heterocycles. The van der Waals surface area contributed by atoms with Crippen molar-refractivity contribution in [2.45, 2.75) is 39.9 Å². The summed E-state index contributed by atoms with van der Waals surface area (Å²) < 4.78 is 47.0. The topological polar surface area (TPSA) is 53.9 Å². The first-order chi connectivity index (χ1) is 19.1. The molecule has 40 heavy (non-hydrogen) atoms. The number of hydrogen-bond donors (Lipinski definition) is 1. The Kier molecular flexibility index (Phi) is 9.41. The van der Waals surface area contributed by atoms with Crippen LogP contribution in [-0.4, -0.2) is 43.3 Å². The summed E-state index contributed by atoms with van der Waals surface area (Å²) >= 11 is 0. The predicted octanol–water partition coefficient (Wildman–Crippen LogP) is 6.92. The maximum absolute atomic E-state index is 13.9. The average molecular weight is 548 g/mol. The quantitative estimate of drug-likeness (QED) is 0.269. The molecule has 0 spiro atoms. The van der Waals surface area contributed by atoms with Crippen LogP contribution in [0, 0.1) is 25.7 Å². The molecule has 0 saturated carbocycles. The van der Waals surface area contributed by atoms with Crippen molar-refractivity contribution < 1.29 is 22.7 Å². The number of hydrogen-bond acceptors (Lipinski definition) is 4. The van der Waals surface area contributed by atoms with Crippen LogP contribution in [0.3, 0.4) is 0 Å². The molecule has 4 rings (SSSR count). The number of morpholine rings is 1. The van der Waals surface area contributed by atoms with Gasteiger partial charge in [-0.2, -0.15) is 13.2 Å². The van der Waals surface area contributed by atoms with Crippen molar-refractivity contribution in [3.63, 3.8) is 0 Å². The Hall–Kier alpha value is -3.93. The van der Waals surface area contributed by atoms with Crippen LogP contribution >= 0.6 is 0 Å². The molecule has 1 heterocycles. The molecule has 0 radical (unpaired) electrons. The molecule has 1 aliphatic rings. The molecule has 1 N–H and O–H groups in total. The number of carbonyl (C=O) groups is 1. The van der Waals surface area contributed by atoms with Gasteiger partial charge in [0.1, 0.15) is 0 Å². The molecule has 0 aromatic heterocycles. The van der Waals surface area contributed by atoms with Gasteiger partial charge in [0.25, 0.3) is 5.91 Å². The van der Waals surface area contributed by atoms with E-state index in [1.165, 1.54) is 12.1 Å². The molecule has 0 bridgehead atoms. The van der Waals surface area contributed by atoms with E-state index >= 15 is 0 Å². The molecule has 3 aromatic carbocycles. The lowest BCUT2D eigenvalue weighted by molar-refractivity contribution is -0.138. The molecule has 208 valence electrons. The van der Waals surface area contributed by atoms with Crippen LogP contribution in [0.25, 0.3) is 0 Å². The minimum atomic E-state index is -4.58. The lowest BCUT2D eigenvalue weighted by atomic mass is 10.0. The van der Waals surface area contributed by atoms with Gasteiger partial charge >= 0.3 is 6.18 Å². The standard InChI is InChI=1S/C32H32F3N3O2/c1-4-13-36-30-18-24(7-5-23(30)3)8-9-25-19-28(12-6-22(25)2)37-31(39)26-10-11-27(29(20-26)32(33,34)35)21-38-14-16-40-17-15-38/h5-7,10-13,18-20H,4,14-17,21H2,1-3H3,(H,37,39). The maximum atomic E-state index is 13.9. The fraction of sp³-hybridized carbons (Fsp3) is 0.312. The number of halogens is 3. The summed E-state index contributed by atoms with van der Waals surface area (Å²) in [4.78, 5) is 19.4. The number of aryl methyl sites for hydroxylation is 2. The Morgan fingerprint density at radius 3 is 2.50 bits per heavy atom. The van der Waals surface area contributed by atoms with E-state index in [1.807, 2.05) is 56.2 Å². The minimum Gasteiger partial charge on any atom is -0.379 e. The van der Waals surface area contributed by atoms with Crippen LogP contribution in [0.5, 0.6) is 0 Å². The lowest BCUT2D eigenvalue weighted by Crippen LogP contribution is -2.36. The highest BCUT2D eigenvalue weighted by molar-refractivity contribution is 6.04. The molecule has 3 aromatic rings. The molecular formula is C32H32F3N3O2. The van der Waals surface area contributed by atoms with Gasteiger partial charge in [0.15, 0.2) is 0 Å². The molecule has 5 nitrogen and oxygen atoms in total. The van der Waals surface area contributed by atoms with Gasteiger partial charge in [0, 0.05) is 48.2 Å². The number of carbonyl (C=O) groups excluding carboxylic acids is 1. The van der Waals surface area contributed by atoms with Crippen LogP contribution in [-0.2, 0) is 17.5 Å². The van der Waals surface area contributed by atoms with E-state index in [-0.39, 0.29) is 17.7 Å². The van der Waals surface area contributed by atoms with E-state index in [2.05, 4.69) is 22.2 Å². The number of ether oxygens (including phenoxy) is 1. The first kappa shape index (κ1) is 29.1. The first-order valence-corrected chi connectivity index (χ1v) is 13.2. The van der Waals surface area contributed by atoms with Gasteiger partial charge in [-0.25, -0.2) is 0 Å². The molecule has 1 saturated heterocycles. The van der Waals surface area contributed by atoms with E-state index in [0.29, 0.717) is 37.6 Å². The number of aliphatic imine (C=N–C) groups is 1. The van der Waals surface area contributed by atoms with E-state index in [0.717, 1.165) is 34.9 Å². The fourth-order valence-electron chi connectivity index (χ4n) is 4.31. The highest BCUT2D eigenvalue weighted by atomic mass is 19.4. The lowest BCUT2D eigenvalue weighted by Gasteiger charge is -2.27. The van der Waals surface area contributed by atoms with Crippen LogP contribution in [0.1, 0.15) is 57.1 Å². The van der Waals surface area contributed by atoms with Gasteiger partial charge in [0.05, 0.1) is 24.5 Å². The third-order valence-corrected chi connectivity index (χ3v) is 6.63. The van der Waals surface area contributed by atoms with Crippen LogP contribution < -0.4 is 5.32 Å². The zero-order valence-corrected chi connectivity index (χ0v) is 22.9. The van der Waals surface area contributed by atoms with Crippen molar-refractivity contribution in [1.82, 2.24) is 4.90 Å². The van der Waals surface area contributed by atoms with Crippen LogP contribution in [0.15, 0.2) is 59.6 Å². The predicted molar refractivity (Wildman–Crippen MR) is 152 cm³/mol. The summed E-state index contributed by atoms with van der Waals surface area (Å²) in [6.07, 6.45) is -1.89. The molecule has 0 atom stereocenters. The van der Waals surface area contributed by atoms with Crippen molar-refractivity contribution in [3.8, 4) is 11.8 Å². The summed E-state index contributed by atoms with van der Waals surface area (Å²) in [5, 5.41) is 2.72. The van der Waals surface area contributed by atoms with Crippen molar-refractivity contribution in [2.75, 3.05) is 31.6 Å². The van der Waals surface area contributed by atoms with Gasteiger partial charge in [-0.05, 0) is 73.4 Å². The number of anilines is 1. The van der Waals surface area contributed by atoms with Gasteiger partial charge in [0.2, 0.25) is 0 Å². The second-order valence-corrected chi connectivity index (χ2v) is 9.71. The van der Waals surface area contributed by atoms with E-state index in [4.69, 9.17) is 4.74 Å². The molecule has 8 heteroatoms. The second-order valence-electron chi connectivity index (χ2n) is 9.71. The molecular weight excluding hydrogens is 515 g/mol. The third-order valence-electron chi connectivity index (χ3n) is 6.63. The molecule has 0 unspecified atom stereocenters. The first-order valence-electron chi connectivity index (χ1n) is 13.2. The second kappa shape index (κ2) is 12.9. The number of nitrogens with one attached hydrogen (secondary N) is 1. The number of rotatable bonds is 6. The van der Waals surface area contributed by atoms with Crippen molar-refractivity contribution in [3.05, 3.63) is 93.5 Å². The van der Waals surface area contributed by atoms with Gasteiger partial charge in [-0.1, -0.05) is 37.0 Å². The van der Waals surface area contributed by atoms with Crippen molar-refractivity contribution in [2.24, 2.45) is 4.99 Å². The molecule has 0 aliphatic carbocycles. The SMILES string of the molecule is CCC=Nc1cc(C#Cc2cc(NC(=O)c3ccc(CN4CCOCC4)c(C(F)(F)F)c3)ccc2C)ccc1C. The van der Waals surface area contributed by atoms with E-state index in [1.54, 1.807) is 12.1 Å². The summed E-state index contributed by atoms with van der Waals surface area (Å²) in [7, 11) is 0. The van der Waals surface area contributed by atoms with Crippen LogP contribution in [0.4, 0.5) is 24.5 Å². The number of benzene rings is 3. The summed E-state index contributed by atoms with van der Waals surface area (Å²) in [6.45, 7) is 8.18. The normalized spacial score (nSPS) is 14.2. The highest BCUT2D eigenvalue weighted by Crippen LogP contribution is 2.34. The van der Waals surface area contributed by atoms with Crippen molar-refractivity contribution >= 4 is 23.5 Å². The fourth-order valence-corrected chi connectivity index (χ4v) is 4.31. The van der Waals surface area contributed by atoms with E-state index < -0.39 is 17.6 Å². The Balaban J connectivity index is 1.53. The van der Waals surface area contributed by atoms with Crippen molar-refractivity contribution in [1.29, 1.82) is 0 Å². The zero-order chi connectivity index (χ0) is 28.7. The summed E-state index contributed by atoms with van der Waals surface area (Å²) in [5.41, 5.74) is 4.05. The van der Waals surface area contributed by atoms with Gasteiger partial charge < -0.3 is 10.1 Å². The maximum Gasteiger partial charge on any atom is 0.416 e. The monoisotopic (exact) mass is 547 g/mol. The number of amides is 1. The number of alkyl halides is 3. The molecule has 1 amide bonds. The number of nitrogens with zero attached hydrogens (tertiary/aromatic N) is 2. The Labute approximate surface area is 233 Å². The highest BCUT2D eigenvalue weighted by Gasteiger charge is 2.34. The van der Waals surface area contributed by atoms with E-state index in [9.17, 15) is 18.0 Å². The van der Waals surface area contributed by atoms with Crippen LogP contribution in [0.2, 0.25) is 0 Å². The minimum absolute atomic E-state index is 0.0638. The van der Waals surface area contributed by atoms with Gasteiger partial charge in [-0.3, -0.25) is 14.7 Å². The van der Waals surface area contributed by atoms with Gasteiger partial charge in [-0.15, -0.1) is 0 Å². The zero-order valence-electron chi connectivity index (χ0n) is 22.9. The largest absolute Gasteiger partial charge is 0.416 e. The summed E-state index contributed by atoms with van der Waals surface area (Å²) in [6, 6.07) is 14.8. The third kappa shape index (κ3) is 7.59. The Morgan fingerprint density at radius 2 is 1.77 bits per heavy atom. The average Bonchev–Trinajstić information content (AvgIpc) is 2.93. The Morgan fingerprint density at radius 1 is 1.02 bits per heavy atom. The molecule has 1 fully saturated rings. The smallest absolute Gasteiger partial charge is 0.379 e. The summed E-state index contributed by atoms with van der Waals surface area (Å²) in [5.74, 6) is 5.67. The Bertz CT molecular complexity index is 1460.